The quantitative estimate of drug-likeness (QED) is 0.249. The van der Waals surface area contributed by atoms with Gasteiger partial charge in [-0.3, -0.25) is 9.89 Å². The van der Waals surface area contributed by atoms with E-state index in [9.17, 15) is 4.79 Å². The molecule has 182 valence electrons. The van der Waals surface area contributed by atoms with E-state index in [4.69, 9.17) is 9.47 Å². The van der Waals surface area contributed by atoms with Gasteiger partial charge in [-0.1, -0.05) is 23.5 Å². The van der Waals surface area contributed by atoms with E-state index in [-0.39, 0.29) is 11.2 Å². The van der Waals surface area contributed by atoms with Gasteiger partial charge in [0.1, 0.15) is 11.5 Å². The highest BCUT2D eigenvalue weighted by Crippen LogP contribution is 2.33. The molecule has 0 aliphatic carbocycles. The van der Waals surface area contributed by atoms with Gasteiger partial charge in [0.2, 0.25) is 10.3 Å². The Morgan fingerprint density at radius 1 is 0.944 bits per heavy atom. The Labute approximate surface area is 214 Å². The Morgan fingerprint density at radius 2 is 1.72 bits per heavy atom. The number of methoxy groups -OCH3 is 2. The van der Waals surface area contributed by atoms with E-state index < -0.39 is 0 Å². The maximum atomic E-state index is 13.5. The Morgan fingerprint density at radius 3 is 2.42 bits per heavy atom. The smallest absolute Gasteiger partial charge is 0.301 e. The highest BCUT2D eigenvalue weighted by atomic mass is 32.1. The molecule has 0 saturated carbocycles. The van der Waals surface area contributed by atoms with Crippen LogP contribution in [0.5, 0.6) is 11.5 Å². The second-order valence-corrected chi connectivity index (χ2v) is 9.81. The van der Waals surface area contributed by atoms with E-state index in [0.717, 1.165) is 33.1 Å². The maximum Gasteiger partial charge on any atom is 0.301 e. The van der Waals surface area contributed by atoms with Crippen LogP contribution in [-0.4, -0.2) is 34.0 Å². The molecule has 3 heterocycles. The van der Waals surface area contributed by atoms with Crippen molar-refractivity contribution < 1.29 is 9.47 Å². The fourth-order valence-electron chi connectivity index (χ4n) is 3.49. The van der Waals surface area contributed by atoms with Crippen molar-refractivity contribution in [1.82, 2.24) is 19.7 Å². The molecule has 5 aromatic rings. The van der Waals surface area contributed by atoms with Crippen LogP contribution in [0.1, 0.15) is 10.6 Å². The van der Waals surface area contributed by atoms with Crippen LogP contribution in [0.4, 0.5) is 10.8 Å². The Kier molecular flexibility index (Phi) is 6.49. The van der Waals surface area contributed by atoms with Gasteiger partial charge in [-0.15, -0.1) is 21.6 Å². The zero-order valence-electron chi connectivity index (χ0n) is 20.0. The Balaban J connectivity index is 1.59. The van der Waals surface area contributed by atoms with Crippen molar-refractivity contribution in [1.29, 1.82) is 0 Å². The summed E-state index contributed by atoms with van der Waals surface area (Å²) in [5.41, 5.74) is 3.60. The zero-order chi connectivity index (χ0) is 25.2. The second kappa shape index (κ2) is 9.88. The predicted octanol–water partition coefficient (Wildman–Crippen LogP) is 6.46. The van der Waals surface area contributed by atoms with Crippen molar-refractivity contribution in [3.05, 3.63) is 74.8 Å². The number of rotatable bonds is 7. The molecule has 0 spiro atoms. The van der Waals surface area contributed by atoms with E-state index in [0.29, 0.717) is 21.7 Å². The molecule has 9 nitrogen and oxygen atoms in total. The first kappa shape index (κ1) is 23.6. The first-order chi connectivity index (χ1) is 17.5. The maximum absolute atomic E-state index is 13.5. The van der Waals surface area contributed by atoms with Crippen LogP contribution in [0.3, 0.4) is 0 Å². The third-order valence-corrected chi connectivity index (χ3v) is 7.33. The minimum absolute atomic E-state index is 0.162. The summed E-state index contributed by atoms with van der Waals surface area (Å²) in [5, 5.41) is 14.6. The minimum atomic E-state index is -0.364. The Bertz CT molecular complexity index is 1590. The molecule has 0 bridgehead atoms. The van der Waals surface area contributed by atoms with Gasteiger partial charge in [-0.2, -0.15) is 4.68 Å². The summed E-state index contributed by atoms with van der Waals surface area (Å²) in [6.07, 6.45) is 0. The highest BCUT2D eigenvalue weighted by molar-refractivity contribution is 7.15. The number of H-pyrrole nitrogens is 1. The fourth-order valence-corrected chi connectivity index (χ4v) is 5.01. The number of ether oxygens (including phenoxy) is 2. The third-order valence-electron chi connectivity index (χ3n) is 5.55. The van der Waals surface area contributed by atoms with Crippen molar-refractivity contribution in [2.24, 2.45) is 10.2 Å². The summed E-state index contributed by atoms with van der Waals surface area (Å²) >= 11 is 2.77. The largest absolute Gasteiger partial charge is 0.497 e. The monoisotopic (exact) mass is 518 g/mol. The van der Waals surface area contributed by atoms with Gasteiger partial charge in [0.25, 0.3) is 0 Å². The molecule has 0 aliphatic heterocycles. The molecule has 0 amide bonds. The average molecular weight is 519 g/mol. The SMILES string of the molecule is COc1ccc(-c2csc(-n3[nH]c(-c4cccc(OC)c4)c(N=Nc4nc(C)c(C)s4)c3=O)n2)cc1. The van der Waals surface area contributed by atoms with Gasteiger partial charge in [0, 0.05) is 21.4 Å². The number of hydrogen-bond acceptors (Lipinski definition) is 9. The standard InChI is InChI=1S/C25H22N6O3S2/c1-14-15(2)36-24(26-14)29-28-22-21(17-6-5-7-19(12-17)34-4)30-31(23(22)32)25-27-20(13-35-25)16-8-10-18(33-3)11-9-16/h5-13,30H,1-4H3. The molecule has 11 heteroatoms. The van der Waals surface area contributed by atoms with E-state index in [1.807, 2.05) is 67.8 Å². The Hall–Kier alpha value is -4.09. The highest BCUT2D eigenvalue weighted by Gasteiger charge is 2.20. The molecule has 0 radical (unpaired) electrons. The summed E-state index contributed by atoms with van der Waals surface area (Å²) in [7, 11) is 3.22. The van der Waals surface area contributed by atoms with Crippen LogP contribution in [0.25, 0.3) is 27.6 Å². The van der Waals surface area contributed by atoms with Crippen LogP contribution >= 0.6 is 22.7 Å². The average Bonchev–Trinajstić information content (AvgIpc) is 3.60. The normalized spacial score (nSPS) is 11.3. The molecule has 5 rings (SSSR count). The lowest BCUT2D eigenvalue weighted by Crippen LogP contribution is -2.13. The van der Waals surface area contributed by atoms with Gasteiger partial charge in [-0.05, 0) is 50.2 Å². The van der Waals surface area contributed by atoms with Gasteiger partial charge >= 0.3 is 5.56 Å². The fraction of sp³-hybridized carbons (Fsp3) is 0.160. The number of nitrogens with one attached hydrogen (secondary N) is 1. The van der Waals surface area contributed by atoms with Gasteiger partial charge in [0.15, 0.2) is 5.69 Å². The number of hydrogen-bond donors (Lipinski definition) is 1. The lowest BCUT2D eigenvalue weighted by molar-refractivity contribution is 0.415. The van der Waals surface area contributed by atoms with Crippen LogP contribution in [0.15, 0.2) is 68.9 Å². The predicted molar refractivity (Wildman–Crippen MR) is 142 cm³/mol. The van der Waals surface area contributed by atoms with Crippen LogP contribution in [0, 0.1) is 13.8 Å². The lowest BCUT2D eigenvalue weighted by atomic mass is 10.1. The van der Waals surface area contributed by atoms with Crippen molar-refractivity contribution in [3.8, 4) is 39.1 Å². The molecule has 0 unspecified atom stereocenters. The molecular weight excluding hydrogens is 496 g/mol. The van der Waals surface area contributed by atoms with E-state index in [2.05, 4.69) is 25.3 Å². The molecular formula is C25H22N6O3S2. The molecule has 0 atom stereocenters. The number of nitrogens with zero attached hydrogens (tertiary/aromatic N) is 5. The summed E-state index contributed by atoms with van der Waals surface area (Å²) in [6, 6.07) is 15.0. The lowest BCUT2D eigenvalue weighted by Gasteiger charge is -2.03. The number of thiazole rings is 2. The van der Waals surface area contributed by atoms with Crippen molar-refractivity contribution in [3.63, 3.8) is 0 Å². The van der Waals surface area contributed by atoms with E-state index in [1.54, 1.807) is 14.2 Å². The summed E-state index contributed by atoms with van der Waals surface area (Å²) < 4.78 is 12.0. The second-order valence-electron chi connectivity index (χ2n) is 7.79. The molecule has 0 fully saturated rings. The summed E-state index contributed by atoms with van der Waals surface area (Å²) in [5.74, 6) is 1.42. The number of aromatic amines is 1. The van der Waals surface area contributed by atoms with E-state index >= 15 is 0 Å². The molecule has 1 N–H and O–H groups in total. The first-order valence-corrected chi connectivity index (χ1v) is 12.6. The first-order valence-electron chi connectivity index (χ1n) is 10.9. The molecule has 36 heavy (non-hydrogen) atoms. The number of azo groups is 1. The van der Waals surface area contributed by atoms with Crippen molar-refractivity contribution >= 4 is 33.5 Å². The number of aromatic nitrogens is 4. The number of benzene rings is 2. The van der Waals surface area contributed by atoms with Gasteiger partial charge in [-0.25, -0.2) is 9.97 Å². The van der Waals surface area contributed by atoms with Crippen LogP contribution in [0.2, 0.25) is 0 Å². The zero-order valence-corrected chi connectivity index (χ0v) is 21.6. The van der Waals surface area contributed by atoms with Crippen molar-refractivity contribution in [2.45, 2.75) is 13.8 Å². The van der Waals surface area contributed by atoms with Crippen LogP contribution < -0.4 is 15.0 Å². The third kappa shape index (κ3) is 4.58. The molecule has 0 saturated heterocycles. The molecule has 2 aromatic carbocycles. The molecule has 3 aromatic heterocycles. The summed E-state index contributed by atoms with van der Waals surface area (Å²) in [6.45, 7) is 3.89. The van der Waals surface area contributed by atoms with E-state index in [1.165, 1.54) is 27.4 Å². The van der Waals surface area contributed by atoms with Gasteiger partial charge < -0.3 is 9.47 Å². The minimum Gasteiger partial charge on any atom is -0.497 e. The number of aryl methyl sites for hydroxylation is 2. The topological polar surface area (TPSA) is 107 Å². The van der Waals surface area contributed by atoms with Crippen LogP contribution in [-0.2, 0) is 0 Å². The van der Waals surface area contributed by atoms with Crippen molar-refractivity contribution in [2.75, 3.05) is 14.2 Å². The summed E-state index contributed by atoms with van der Waals surface area (Å²) in [4.78, 5) is 23.7. The molecule has 0 aliphatic rings. The van der Waals surface area contributed by atoms with Gasteiger partial charge in [0.05, 0.1) is 31.3 Å².